The molecular weight excluding hydrogens is 320 g/mol. The van der Waals surface area contributed by atoms with Crippen molar-refractivity contribution < 1.29 is 9.59 Å². The van der Waals surface area contributed by atoms with Crippen LogP contribution in [0.15, 0.2) is 12.2 Å². The molecule has 122 valence electrons. The van der Waals surface area contributed by atoms with Gasteiger partial charge in [-0.3, -0.25) is 9.59 Å². The Bertz CT molecular complexity index is 799. The van der Waals surface area contributed by atoms with E-state index in [1.807, 2.05) is 0 Å². The molecule has 5 aliphatic rings. The van der Waals surface area contributed by atoms with Crippen LogP contribution in [0.4, 0.5) is 5.00 Å². The summed E-state index contributed by atoms with van der Waals surface area (Å²) in [6.07, 6.45) is 10.3. The predicted molar refractivity (Wildman–Crippen MR) is 90.5 cm³/mol. The Morgan fingerprint density at radius 1 is 1.04 bits per heavy atom. The van der Waals surface area contributed by atoms with Gasteiger partial charge < -0.3 is 0 Å². The van der Waals surface area contributed by atoms with Gasteiger partial charge in [-0.1, -0.05) is 12.2 Å². The fourth-order valence-electron chi connectivity index (χ4n) is 5.10. The number of carbonyl (C=O) groups is 2. The zero-order valence-electron chi connectivity index (χ0n) is 13.3. The van der Waals surface area contributed by atoms with Crippen LogP contribution in [-0.4, -0.2) is 11.8 Å². The highest BCUT2D eigenvalue weighted by Crippen LogP contribution is 2.52. The number of hydrogen-bond donors (Lipinski definition) is 0. The molecule has 1 saturated carbocycles. The van der Waals surface area contributed by atoms with E-state index >= 15 is 0 Å². The predicted octanol–water partition coefficient (Wildman–Crippen LogP) is 3.20. The fraction of sp³-hybridized carbons (Fsp3) is 0.526. The second kappa shape index (κ2) is 5.03. The van der Waals surface area contributed by atoms with Gasteiger partial charge in [0.15, 0.2) is 0 Å². The van der Waals surface area contributed by atoms with Gasteiger partial charge in [-0.15, -0.1) is 11.3 Å². The Kier molecular flexibility index (Phi) is 3.02. The maximum Gasteiger partial charge on any atom is 0.238 e. The lowest BCUT2D eigenvalue weighted by molar-refractivity contribution is -0.124. The van der Waals surface area contributed by atoms with Crippen molar-refractivity contribution in [2.75, 3.05) is 4.90 Å². The summed E-state index contributed by atoms with van der Waals surface area (Å²) >= 11 is 1.50. The number of thiophene rings is 1. The molecule has 2 bridgehead atoms. The van der Waals surface area contributed by atoms with Crippen molar-refractivity contribution >= 4 is 28.2 Å². The molecule has 1 saturated heterocycles. The largest absolute Gasteiger partial charge is 0.274 e. The van der Waals surface area contributed by atoms with E-state index in [1.54, 1.807) is 0 Å². The number of imide groups is 1. The third kappa shape index (κ3) is 1.72. The second-order valence-electron chi connectivity index (χ2n) is 7.36. The van der Waals surface area contributed by atoms with Crippen LogP contribution in [0, 0.1) is 35.0 Å². The van der Waals surface area contributed by atoms with Crippen LogP contribution >= 0.6 is 11.3 Å². The molecule has 0 radical (unpaired) electrons. The minimum atomic E-state index is -0.202. The van der Waals surface area contributed by atoms with Crippen molar-refractivity contribution in [3.05, 3.63) is 28.2 Å². The van der Waals surface area contributed by atoms with E-state index < -0.39 is 0 Å². The molecule has 4 nitrogen and oxygen atoms in total. The van der Waals surface area contributed by atoms with Gasteiger partial charge in [0.05, 0.1) is 17.4 Å². The lowest BCUT2D eigenvalue weighted by Crippen LogP contribution is -2.38. The Morgan fingerprint density at radius 3 is 2.25 bits per heavy atom. The number of allylic oxidation sites excluding steroid dienone is 2. The van der Waals surface area contributed by atoms with E-state index in [4.69, 9.17) is 0 Å². The highest BCUT2D eigenvalue weighted by Gasteiger charge is 2.57. The summed E-state index contributed by atoms with van der Waals surface area (Å²) in [7, 11) is 0. The SMILES string of the molecule is N#Cc1c(N2C(=O)[C@@H]3[C@H](C2=O)[C@H]2C=C[C@H]3CC2)sc2c1CCCC2. The van der Waals surface area contributed by atoms with Gasteiger partial charge in [0.1, 0.15) is 11.1 Å². The molecule has 0 N–H and O–H groups in total. The van der Waals surface area contributed by atoms with Crippen LogP contribution in [-0.2, 0) is 22.4 Å². The fourth-order valence-corrected chi connectivity index (χ4v) is 6.45. The first kappa shape index (κ1) is 14.4. The van der Waals surface area contributed by atoms with Crippen molar-refractivity contribution in [2.24, 2.45) is 23.7 Å². The van der Waals surface area contributed by atoms with Gasteiger partial charge >= 0.3 is 0 Å². The zero-order valence-corrected chi connectivity index (χ0v) is 14.1. The van der Waals surface area contributed by atoms with Crippen molar-refractivity contribution in [2.45, 2.75) is 38.5 Å². The van der Waals surface area contributed by atoms with Crippen molar-refractivity contribution in [3.63, 3.8) is 0 Å². The minimum Gasteiger partial charge on any atom is -0.274 e. The minimum absolute atomic E-state index is 0.0702. The van der Waals surface area contributed by atoms with Gasteiger partial charge in [0.2, 0.25) is 11.8 Å². The molecule has 4 atom stereocenters. The summed E-state index contributed by atoms with van der Waals surface area (Å²) in [6, 6.07) is 2.29. The van der Waals surface area contributed by atoms with Crippen molar-refractivity contribution in [1.29, 1.82) is 5.26 Å². The monoisotopic (exact) mass is 338 g/mol. The lowest BCUT2D eigenvalue weighted by Gasteiger charge is -2.38. The first-order valence-electron chi connectivity index (χ1n) is 8.81. The van der Waals surface area contributed by atoms with E-state index in [-0.39, 0.29) is 35.5 Å². The quantitative estimate of drug-likeness (QED) is 0.583. The Morgan fingerprint density at radius 2 is 1.67 bits per heavy atom. The maximum atomic E-state index is 13.1. The lowest BCUT2D eigenvalue weighted by atomic mass is 9.63. The van der Waals surface area contributed by atoms with E-state index in [0.29, 0.717) is 10.6 Å². The average Bonchev–Trinajstić information content (AvgIpc) is 3.12. The number of nitriles is 1. The Labute approximate surface area is 144 Å². The molecule has 1 aliphatic heterocycles. The smallest absolute Gasteiger partial charge is 0.238 e. The molecule has 1 aromatic rings. The van der Waals surface area contributed by atoms with Crippen molar-refractivity contribution in [1.82, 2.24) is 0 Å². The molecule has 0 aromatic carbocycles. The van der Waals surface area contributed by atoms with Crippen LogP contribution in [0.25, 0.3) is 0 Å². The second-order valence-corrected chi connectivity index (χ2v) is 8.44. The third-order valence-corrected chi connectivity index (χ3v) is 7.50. The third-order valence-electron chi connectivity index (χ3n) is 6.23. The van der Waals surface area contributed by atoms with Crippen LogP contribution in [0.3, 0.4) is 0 Å². The molecule has 24 heavy (non-hydrogen) atoms. The number of hydrogen-bond acceptors (Lipinski definition) is 4. The van der Waals surface area contributed by atoms with E-state index in [1.165, 1.54) is 21.1 Å². The molecule has 2 fully saturated rings. The van der Waals surface area contributed by atoms with E-state index in [0.717, 1.165) is 44.1 Å². The maximum absolute atomic E-state index is 13.1. The molecule has 5 heteroatoms. The Balaban J connectivity index is 1.61. The molecule has 0 unspecified atom stereocenters. The number of rotatable bonds is 1. The molecule has 0 spiro atoms. The number of amides is 2. The van der Waals surface area contributed by atoms with E-state index in [2.05, 4.69) is 18.2 Å². The summed E-state index contributed by atoms with van der Waals surface area (Å²) < 4.78 is 0. The van der Waals surface area contributed by atoms with Crippen LogP contribution < -0.4 is 4.90 Å². The van der Waals surface area contributed by atoms with Gasteiger partial charge in [0.25, 0.3) is 0 Å². The standard InChI is InChI=1S/C19H18N2O2S/c20-9-13-12-3-1-2-4-14(12)24-19(13)21-17(22)15-10-5-6-11(8-7-10)16(15)18(21)23/h5-6,10-11,15-16H,1-4,7-8H2/t10-,11-,15-,16+/m0/s1. The summed E-state index contributed by atoms with van der Waals surface area (Å²) in [5, 5.41) is 10.3. The number of carbonyl (C=O) groups excluding carboxylic acids is 2. The van der Waals surface area contributed by atoms with Crippen LogP contribution in [0.2, 0.25) is 0 Å². The van der Waals surface area contributed by atoms with Crippen LogP contribution in [0.5, 0.6) is 0 Å². The van der Waals surface area contributed by atoms with E-state index in [9.17, 15) is 14.9 Å². The first-order chi connectivity index (χ1) is 11.7. The highest BCUT2D eigenvalue weighted by molar-refractivity contribution is 7.17. The normalized spacial score (nSPS) is 33.5. The summed E-state index contributed by atoms with van der Waals surface area (Å²) in [6.45, 7) is 0. The number of nitrogens with zero attached hydrogens (tertiary/aromatic N) is 2. The summed E-state index contributed by atoms with van der Waals surface area (Å²) in [4.78, 5) is 28.8. The zero-order chi connectivity index (χ0) is 16.4. The van der Waals surface area contributed by atoms with Gasteiger partial charge in [-0.05, 0) is 55.9 Å². The highest BCUT2D eigenvalue weighted by atomic mass is 32.1. The molecule has 4 aliphatic carbocycles. The van der Waals surface area contributed by atoms with Crippen molar-refractivity contribution in [3.8, 4) is 6.07 Å². The number of aryl methyl sites for hydroxylation is 1. The topological polar surface area (TPSA) is 61.2 Å². The average molecular weight is 338 g/mol. The van der Waals surface area contributed by atoms with Gasteiger partial charge in [-0.2, -0.15) is 5.26 Å². The summed E-state index contributed by atoms with van der Waals surface area (Å²) in [5.74, 6) is -0.153. The number of fused-ring (bicyclic) bond motifs is 2. The summed E-state index contributed by atoms with van der Waals surface area (Å²) in [5.41, 5.74) is 1.66. The molecule has 6 rings (SSSR count). The van der Waals surface area contributed by atoms with Gasteiger partial charge in [0, 0.05) is 4.88 Å². The molecule has 2 heterocycles. The van der Waals surface area contributed by atoms with Gasteiger partial charge in [-0.25, -0.2) is 4.90 Å². The number of anilines is 1. The Hall–Kier alpha value is -1.93. The molecule has 1 aromatic heterocycles. The molecular formula is C19H18N2O2S. The molecule has 2 amide bonds. The van der Waals surface area contributed by atoms with Crippen LogP contribution in [0.1, 0.15) is 41.7 Å². The first-order valence-corrected chi connectivity index (χ1v) is 9.63.